The Balaban J connectivity index is 1.62. The second-order valence-corrected chi connectivity index (χ2v) is 9.58. The molecule has 0 saturated heterocycles. The van der Waals surface area contributed by atoms with Gasteiger partial charge in [0.05, 0.1) is 12.7 Å². The van der Waals surface area contributed by atoms with Gasteiger partial charge in [0.25, 0.3) is 5.91 Å². The Labute approximate surface area is 170 Å². The largest absolute Gasteiger partial charge is 0.504 e. The lowest BCUT2D eigenvalue weighted by Gasteiger charge is -2.36. The lowest BCUT2D eigenvalue weighted by atomic mass is 9.69. The summed E-state index contributed by atoms with van der Waals surface area (Å²) < 4.78 is 5.11. The van der Waals surface area contributed by atoms with Crippen molar-refractivity contribution in [2.45, 2.75) is 52.6 Å². The van der Waals surface area contributed by atoms with E-state index in [1.165, 1.54) is 24.0 Å². The molecule has 4 rings (SSSR count). The minimum Gasteiger partial charge on any atom is -0.504 e. The minimum absolute atomic E-state index is 0.0280. The summed E-state index contributed by atoms with van der Waals surface area (Å²) in [6.07, 6.45) is 3.97. The lowest BCUT2D eigenvalue weighted by Crippen LogP contribution is -2.38. The van der Waals surface area contributed by atoms with Crippen LogP contribution in [0.25, 0.3) is 0 Å². The minimum atomic E-state index is -0.361. The van der Waals surface area contributed by atoms with Crippen LogP contribution in [0.1, 0.15) is 66.1 Å². The van der Waals surface area contributed by atoms with Crippen LogP contribution in [0.2, 0.25) is 0 Å². The van der Waals surface area contributed by atoms with Crippen molar-refractivity contribution >= 4 is 22.2 Å². The predicted octanol–water partition coefficient (Wildman–Crippen LogP) is 4.86. The monoisotopic (exact) mass is 400 g/mol. The number of fused-ring (bicyclic) bond motifs is 3. The number of phenols is 1. The zero-order valence-corrected chi connectivity index (χ0v) is 17.7. The molecule has 0 fully saturated rings. The predicted molar refractivity (Wildman–Crippen MR) is 112 cm³/mol. The normalized spacial score (nSPS) is 21.4. The number of hydrogen-bond acceptors (Lipinski definition) is 5. The van der Waals surface area contributed by atoms with E-state index in [0.29, 0.717) is 17.1 Å². The molecule has 0 saturated carbocycles. The van der Waals surface area contributed by atoms with Gasteiger partial charge in [0.1, 0.15) is 11.2 Å². The number of ether oxygens (including phenoxy) is 1. The quantitative estimate of drug-likeness (QED) is 0.686. The van der Waals surface area contributed by atoms with E-state index < -0.39 is 0 Å². The van der Waals surface area contributed by atoms with Crippen LogP contribution in [0, 0.1) is 11.3 Å². The Kier molecular flexibility index (Phi) is 4.78. The van der Waals surface area contributed by atoms with Crippen LogP contribution < -0.4 is 15.4 Å². The summed E-state index contributed by atoms with van der Waals surface area (Å²) in [5.74, 6) is 1.11. The molecule has 0 bridgehead atoms. The number of thiophene rings is 1. The smallest absolute Gasteiger partial charge is 0.256 e. The topological polar surface area (TPSA) is 70.6 Å². The first-order valence-electron chi connectivity index (χ1n) is 9.93. The Morgan fingerprint density at radius 2 is 2.11 bits per heavy atom. The molecule has 2 heterocycles. The van der Waals surface area contributed by atoms with Crippen LogP contribution in [0.5, 0.6) is 11.5 Å². The van der Waals surface area contributed by atoms with E-state index >= 15 is 0 Å². The van der Waals surface area contributed by atoms with Gasteiger partial charge in [-0.3, -0.25) is 4.79 Å². The van der Waals surface area contributed by atoms with E-state index in [1.807, 2.05) is 6.07 Å². The average molecular weight is 401 g/mol. The first-order valence-corrected chi connectivity index (χ1v) is 10.7. The highest BCUT2D eigenvalue weighted by atomic mass is 32.1. The van der Waals surface area contributed by atoms with Gasteiger partial charge >= 0.3 is 0 Å². The summed E-state index contributed by atoms with van der Waals surface area (Å²) in [6.45, 7) is 6.97. The van der Waals surface area contributed by atoms with Crippen molar-refractivity contribution in [3.05, 3.63) is 39.8 Å². The molecule has 1 amide bonds. The number of amides is 1. The van der Waals surface area contributed by atoms with Crippen molar-refractivity contribution in [3.63, 3.8) is 0 Å². The highest BCUT2D eigenvalue weighted by molar-refractivity contribution is 7.16. The number of carbonyl (C=O) groups is 1. The molecule has 0 unspecified atom stereocenters. The Bertz CT molecular complexity index is 919. The molecule has 0 spiro atoms. The fraction of sp³-hybridized carbons (Fsp3) is 0.500. The summed E-state index contributed by atoms with van der Waals surface area (Å²) in [5, 5.41) is 17.5. The SMILES string of the molecule is CCC(C)(C)[C@H]1CCc2c(sc3c2C(=O)N[C@H](c2ccc(OC)c(O)c2)N3)C1. The van der Waals surface area contributed by atoms with E-state index in [-0.39, 0.29) is 17.8 Å². The van der Waals surface area contributed by atoms with Gasteiger partial charge in [-0.15, -0.1) is 11.3 Å². The molecule has 3 N–H and O–H groups in total. The maximum Gasteiger partial charge on any atom is 0.256 e. The number of methoxy groups -OCH3 is 1. The van der Waals surface area contributed by atoms with Gasteiger partial charge in [-0.05, 0) is 53.9 Å². The van der Waals surface area contributed by atoms with Gasteiger partial charge < -0.3 is 20.5 Å². The van der Waals surface area contributed by atoms with Crippen molar-refractivity contribution in [1.29, 1.82) is 0 Å². The van der Waals surface area contributed by atoms with E-state index in [1.54, 1.807) is 23.5 Å². The van der Waals surface area contributed by atoms with Crippen molar-refractivity contribution < 1.29 is 14.6 Å². The van der Waals surface area contributed by atoms with Crippen LogP contribution in [0.4, 0.5) is 5.00 Å². The zero-order chi connectivity index (χ0) is 20.1. The third-order valence-corrected chi connectivity index (χ3v) is 7.78. The van der Waals surface area contributed by atoms with Crippen molar-refractivity contribution in [2.75, 3.05) is 12.4 Å². The van der Waals surface area contributed by atoms with Crippen LogP contribution in [-0.4, -0.2) is 18.1 Å². The number of hydrogen-bond donors (Lipinski definition) is 3. The molecule has 1 aliphatic heterocycles. The number of phenolic OH excluding ortho intramolecular Hbond substituents is 1. The molecule has 2 aromatic rings. The highest BCUT2D eigenvalue weighted by Gasteiger charge is 2.37. The molecule has 6 heteroatoms. The van der Waals surface area contributed by atoms with E-state index in [2.05, 4.69) is 31.4 Å². The van der Waals surface area contributed by atoms with Gasteiger partial charge in [0, 0.05) is 4.88 Å². The number of rotatable bonds is 4. The first-order chi connectivity index (χ1) is 13.3. The zero-order valence-electron chi connectivity index (χ0n) is 16.9. The molecule has 0 radical (unpaired) electrons. The average Bonchev–Trinajstić information content (AvgIpc) is 3.05. The standard InChI is InChI=1S/C22H28N2O3S/c1-5-22(2,3)13-7-8-14-17(11-13)28-21-18(14)20(26)23-19(24-21)12-6-9-16(27-4)15(25)10-12/h6,9-10,13,19,24-25H,5,7-8,11H2,1-4H3,(H,23,26)/t13-,19-/m0/s1. The lowest BCUT2D eigenvalue weighted by molar-refractivity contribution is 0.0934. The van der Waals surface area contributed by atoms with E-state index in [9.17, 15) is 9.90 Å². The molecule has 28 heavy (non-hydrogen) atoms. The third kappa shape index (κ3) is 3.13. The molecule has 2 aliphatic rings. The highest BCUT2D eigenvalue weighted by Crippen LogP contribution is 2.47. The maximum atomic E-state index is 12.9. The van der Waals surface area contributed by atoms with E-state index in [0.717, 1.165) is 35.4 Å². The second-order valence-electron chi connectivity index (χ2n) is 8.47. The van der Waals surface area contributed by atoms with Gasteiger partial charge in [0.2, 0.25) is 0 Å². The van der Waals surface area contributed by atoms with Crippen molar-refractivity contribution in [2.24, 2.45) is 11.3 Å². The number of anilines is 1. The molecule has 5 nitrogen and oxygen atoms in total. The fourth-order valence-corrected chi connectivity index (χ4v) is 5.66. The van der Waals surface area contributed by atoms with Crippen molar-refractivity contribution in [1.82, 2.24) is 5.32 Å². The first kappa shape index (κ1) is 19.1. The number of nitrogens with one attached hydrogen (secondary N) is 2. The van der Waals surface area contributed by atoms with Crippen LogP contribution in [-0.2, 0) is 12.8 Å². The molecule has 1 aliphatic carbocycles. The Hall–Kier alpha value is -2.21. The maximum absolute atomic E-state index is 12.9. The second kappa shape index (κ2) is 6.99. The fourth-order valence-electron chi connectivity index (χ4n) is 4.31. The Morgan fingerprint density at radius 3 is 2.79 bits per heavy atom. The number of aromatic hydroxyl groups is 1. The summed E-state index contributed by atoms with van der Waals surface area (Å²) in [4.78, 5) is 14.3. The Morgan fingerprint density at radius 1 is 1.32 bits per heavy atom. The summed E-state index contributed by atoms with van der Waals surface area (Å²) >= 11 is 1.72. The molecule has 2 atom stereocenters. The number of benzene rings is 1. The summed E-state index contributed by atoms with van der Waals surface area (Å²) in [6, 6.07) is 5.20. The van der Waals surface area contributed by atoms with Crippen LogP contribution in [0.15, 0.2) is 18.2 Å². The van der Waals surface area contributed by atoms with Crippen LogP contribution in [0.3, 0.4) is 0 Å². The molecule has 1 aromatic carbocycles. The van der Waals surface area contributed by atoms with Gasteiger partial charge in [-0.1, -0.05) is 33.3 Å². The van der Waals surface area contributed by atoms with Gasteiger partial charge in [0.15, 0.2) is 11.5 Å². The van der Waals surface area contributed by atoms with Crippen molar-refractivity contribution in [3.8, 4) is 11.5 Å². The van der Waals surface area contributed by atoms with Gasteiger partial charge in [-0.2, -0.15) is 0 Å². The van der Waals surface area contributed by atoms with Gasteiger partial charge in [-0.25, -0.2) is 0 Å². The summed E-state index contributed by atoms with van der Waals surface area (Å²) in [5.41, 5.74) is 3.17. The molecular weight excluding hydrogens is 372 g/mol. The van der Waals surface area contributed by atoms with E-state index in [4.69, 9.17) is 4.74 Å². The van der Waals surface area contributed by atoms with Crippen LogP contribution >= 0.6 is 11.3 Å². The third-order valence-electron chi connectivity index (χ3n) is 6.60. The molecule has 1 aromatic heterocycles. The molecular formula is C22H28N2O3S. The molecule has 150 valence electrons. The summed E-state index contributed by atoms with van der Waals surface area (Å²) in [7, 11) is 1.52. The number of carbonyl (C=O) groups excluding carboxylic acids is 1.